The number of likely N-dealkylation sites (tertiary alicyclic amines) is 1. The maximum absolute atomic E-state index is 12.7. The number of benzene rings is 1. The number of rotatable bonds is 5. The molecule has 3 rings (SSSR count). The molecule has 0 aliphatic carbocycles. The van der Waals surface area contributed by atoms with Crippen molar-refractivity contribution in [3.05, 3.63) is 58.4 Å². The van der Waals surface area contributed by atoms with Crippen molar-refractivity contribution >= 4 is 11.9 Å². The number of hydrogen-bond donors (Lipinski definition) is 2. The van der Waals surface area contributed by atoms with Gasteiger partial charge in [-0.3, -0.25) is 14.4 Å². The van der Waals surface area contributed by atoms with Crippen LogP contribution in [0.5, 0.6) is 0 Å². The van der Waals surface area contributed by atoms with Gasteiger partial charge >= 0.3 is 5.97 Å². The molecule has 2 aromatic rings. The number of pyridine rings is 1. The smallest absolute Gasteiger partial charge is 0.303 e. The molecule has 0 spiro atoms. The van der Waals surface area contributed by atoms with Gasteiger partial charge in [-0.2, -0.15) is 0 Å². The lowest BCUT2D eigenvalue weighted by Gasteiger charge is -2.32. The summed E-state index contributed by atoms with van der Waals surface area (Å²) in [5, 5.41) is 8.83. The highest BCUT2D eigenvalue weighted by molar-refractivity contribution is 5.94. The number of carbonyl (C=O) groups excluding carboxylic acids is 1. The van der Waals surface area contributed by atoms with Crippen LogP contribution in [0, 0.1) is 5.92 Å². The fraction of sp³-hybridized carbons (Fsp3) is 0.350. The number of hydrogen-bond acceptors (Lipinski definition) is 3. The molecule has 1 saturated heterocycles. The molecule has 6 heteroatoms. The van der Waals surface area contributed by atoms with Crippen LogP contribution in [0.25, 0.3) is 11.3 Å². The highest BCUT2D eigenvalue weighted by Crippen LogP contribution is 2.22. The zero-order valence-electron chi connectivity index (χ0n) is 14.5. The van der Waals surface area contributed by atoms with E-state index in [9.17, 15) is 14.4 Å². The molecule has 6 nitrogen and oxygen atoms in total. The van der Waals surface area contributed by atoms with Crippen LogP contribution in [0.3, 0.4) is 0 Å². The van der Waals surface area contributed by atoms with E-state index in [0.29, 0.717) is 25.2 Å². The molecule has 0 radical (unpaired) electrons. The van der Waals surface area contributed by atoms with Crippen LogP contribution in [0.15, 0.2) is 47.3 Å². The molecule has 1 fully saturated rings. The molecule has 1 unspecified atom stereocenters. The summed E-state index contributed by atoms with van der Waals surface area (Å²) in [6.45, 7) is 1.11. The molecular weight excluding hydrogens is 332 g/mol. The maximum Gasteiger partial charge on any atom is 0.303 e. The molecule has 0 bridgehead atoms. The van der Waals surface area contributed by atoms with Gasteiger partial charge in [0.1, 0.15) is 5.56 Å². The van der Waals surface area contributed by atoms with E-state index in [1.54, 1.807) is 17.0 Å². The predicted molar refractivity (Wildman–Crippen MR) is 98.0 cm³/mol. The molecule has 1 aromatic heterocycles. The number of H-pyrrole nitrogens is 1. The lowest BCUT2D eigenvalue weighted by molar-refractivity contribution is -0.137. The van der Waals surface area contributed by atoms with Crippen LogP contribution in [0.1, 0.15) is 36.0 Å². The van der Waals surface area contributed by atoms with Gasteiger partial charge in [0.15, 0.2) is 0 Å². The maximum atomic E-state index is 12.7. The van der Waals surface area contributed by atoms with Crippen molar-refractivity contribution < 1.29 is 14.7 Å². The molecule has 26 heavy (non-hydrogen) atoms. The fourth-order valence-electron chi connectivity index (χ4n) is 3.41. The van der Waals surface area contributed by atoms with Crippen molar-refractivity contribution in [1.82, 2.24) is 9.88 Å². The van der Waals surface area contributed by atoms with Crippen LogP contribution < -0.4 is 5.56 Å². The Hall–Kier alpha value is -2.89. The number of carbonyl (C=O) groups is 2. The second-order valence-corrected chi connectivity index (χ2v) is 6.67. The molecule has 2 heterocycles. The Morgan fingerprint density at radius 3 is 2.62 bits per heavy atom. The minimum atomic E-state index is -0.818. The van der Waals surface area contributed by atoms with Crippen LogP contribution in [-0.4, -0.2) is 40.0 Å². The Balaban J connectivity index is 1.73. The minimum absolute atomic E-state index is 0.110. The number of nitrogens with one attached hydrogen (secondary N) is 1. The molecule has 1 atom stereocenters. The third kappa shape index (κ3) is 4.20. The summed E-state index contributed by atoms with van der Waals surface area (Å²) in [6, 6.07) is 12.8. The number of aliphatic carboxylic acids is 1. The van der Waals surface area contributed by atoms with Gasteiger partial charge in [0.25, 0.3) is 11.5 Å². The van der Waals surface area contributed by atoms with Gasteiger partial charge in [-0.15, -0.1) is 0 Å². The van der Waals surface area contributed by atoms with Gasteiger partial charge in [-0.1, -0.05) is 30.3 Å². The van der Waals surface area contributed by atoms with E-state index in [2.05, 4.69) is 4.98 Å². The van der Waals surface area contributed by atoms with Crippen molar-refractivity contribution in [3.8, 4) is 11.3 Å². The quantitative estimate of drug-likeness (QED) is 0.864. The highest BCUT2D eigenvalue weighted by atomic mass is 16.4. The van der Waals surface area contributed by atoms with E-state index in [-0.39, 0.29) is 23.8 Å². The fourth-order valence-corrected chi connectivity index (χ4v) is 3.41. The van der Waals surface area contributed by atoms with Crippen LogP contribution in [0.4, 0.5) is 0 Å². The molecule has 1 aliphatic heterocycles. The first-order valence-corrected chi connectivity index (χ1v) is 8.84. The first-order chi connectivity index (χ1) is 12.5. The van der Waals surface area contributed by atoms with E-state index in [1.165, 1.54) is 0 Å². The van der Waals surface area contributed by atoms with Crippen molar-refractivity contribution in [2.45, 2.75) is 25.7 Å². The van der Waals surface area contributed by atoms with E-state index in [4.69, 9.17) is 5.11 Å². The number of nitrogens with zero attached hydrogens (tertiary/aromatic N) is 1. The summed E-state index contributed by atoms with van der Waals surface area (Å²) in [5.41, 5.74) is 1.29. The third-order valence-corrected chi connectivity index (χ3v) is 4.80. The first kappa shape index (κ1) is 17.9. The number of amides is 1. The first-order valence-electron chi connectivity index (χ1n) is 8.84. The summed E-state index contributed by atoms with van der Waals surface area (Å²) < 4.78 is 0. The monoisotopic (exact) mass is 354 g/mol. The van der Waals surface area contributed by atoms with Gasteiger partial charge in [0, 0.05) is 25.2 Å². The van der Waals surface area contributed by atoms with E-state index < -0.39 is 11.5 Å². The number of aromatic amines is 1. The van der Waals surface area contributed by atoms with Gasteiger partial charge in [-0.05, 0) is 42.9 Å². The average molecular weight is 354 g/mol. The second-order valence-electron chi connectivity index (χ2n) is 6.67. The number of aromatic nitrogens is 1. The molecule has 1 aliphatic rings. The normalized spacial score (nSPS) is 17.1. The van der Waals surface area contributed by atoms with Gasteiger partial charge in [0.2, 0.25) is 0 Å². The SMILES string of the molecule is O=C(O)CCC1CCCN(C(=O)c2ccc(-c3ccccc3)[nH]c2=O)C1. The summed E-state index contributed by atoms with van der Waals surface area (Å²) in [6.07, 6.45) is 2.41. The largest absolute Gasteiger partial charge is 0.481 e. The van der Waals surface area contributed by atoms with Gasteiger partial charge in [-0.25, -0.2) is 0 Å². The summed E-state index contributed by atoms with van der Waals surface area (Å²) in [7, 11) is 0. The topological polar surface area (TPSA) is 90.5 Å². The van der Waals surface area contributed by atoms with E-state index >= 15 is 0 Å². The molecular formula is C20H22N2O4. The van der Waals surface area contributed by atoms with Crippen LogP contribution in [0.2, 0.25) is 0 Å². The second kappa shape index (κ2) is 7.99. The van der Waals surface area contributed by atoms with Crippen molar-refractivity contribution in [3.63, 3.8) is 0 Å². The van der Waals surface area contributed by atoms with Crippen molar-refractivity contribution in [2.75, 3.05) is 13.1 Å². The number of carboxylic acids is 1. The average Bonchev–Trinajstić information content (AvgIpc) is 2.66. The highest BCUT2D eigenvalue weighted by Gasteiger charge is 2.26. The standard InChI is InChI=1S/C20H22N2O4/c23-18(24)11-8-14-5-4-12-22(13-14)20(26)16-9-10-17(21-19(16)25)15-6-2-1-3-7-15/h1-3,6-7,9-10,14H,4-5,8,11-13H2,(H,21,25)(H,23,24). The van der Waals surface area contributed by atoms with E-state index in [1.807, 2.05) is 30.3 Å². The number of piperidine rings is 1. The van der Waals surface area contributed by atoms with Gasteiger partial charge < -0.3 is 15.0 Å². The minimum Gasteiger partial charge on any atom is -0.481 e. The lowest BCUT2D eigenvalue weighted by Crippen LogP contribution is -2.42. The predicted octanol–water partition coefficient (Wildman–Crippen LogP) is 2.76. The molecule has 1 aromatic carbocycles. The zero-order chi connectivity index (χ0) is 18.5. The van der Waals surface area contributed by atoms with Crippen molar-refractivity contribution in [2.24, 2.45) is 5.92 Å². The summed E-state index contributed by atoms with van der Waals surface area (Å²) in [5.74, 6) is -0.932. The molecule has 2 N–H and O–H groups in total. The molecule has 136 valence electrons. The molecule has 1 amide bonds. The Labute approximate surface area is 151 Å². The summed E-state index contributed by atoms with van der Waals surface area (Å²) >= 11 is 0. The van der Waals surface area contributed by atoms with E-state index in [0.717, 1.165) is 18.4 Å². The Morgan fingerprint density at radius 1 is 1.15 bits per heavy atom. The van der Waals surface area contributed by atoms with Crippen LogP contribution >= 0.6 is 0 Å². The number of carboxylic acid groups (broad SMARTS) is 1. The van der Waals surface area contributed by atoms with Gasteiger partial charge in [0.05, 0.1) is 0 Å². The zero-order valence-corrected chi connectivity index (χ0v) is 14.5. The molecule has 0 saturated carbocycles. The Bertz CT molecular complexity index is 844. The Morgan fingerprint density at radius 2 is 1.92 bits per heavy atom. The summed E-state index contributed by atoms with van der Waals surface area (Å²) in [4.78, 5) is 40.4. The van der Waals surface area contributed by atoms with Crippen molar-refractivity contribution in [1.29, 1.82) is 0 Å². The lowest BCUT2D eigenvalue weighted by atomic mass is 9.93. The third-order valence-electron chi connectivity index (χ3n) is 4.80. The Kier molecular flexibility index (Phi) is 5.51. The van der Waals surface area contributed by atoms with Crippen LogP contribution in [-0.2, 0) is 4.79 Å².